The molecule has 0 aromatic rings. The number of piperidine rings is 1. The Labute approximate surface area is 112 Å². The second-order valence-electron chi connectivity index (χ2n) is 4.41. The Bertz CT molecular complexity index is 333. The Morgan fingerprint density at radius 3 is 2.44 bits per heavy atom. The Hall–Kier alpha value is -0.590. The minimum absolute atomic E-state index is 0.000255. The molecule has 1 rings (SSSR count). The van der Waals surface area contributed by atoms with Crippen molar-refractivity contribution in [1.29, 1.82) is 0 Å². The van der Waals surface area contributed by atoms with Gasteiger partial charge in [-0.1, -0.05) is 29.3 Å². The number of halogens is 4. The summed E-state index contributed by atoms with van der Waals surface area (Å²) in [5, 5.41) is -0.0320. The molecule has 104 valence electrons. The molecule has 0 aliphatic carbocycles. The highest BCUT2D eigenvalue weighted by Gasteiger charge is 2.47. The number of carbonyl (C=O) groups excluding carboxylic acids is 2. The van der Waals surface area contributed by atoms with E-state index in [2.05, 4.69) is 15.9 Å². The molecule has 2 unspecified atom stereocenters. The van der Waals surface area contributed by atoms with Crippen LogP contribution in [0.4, 0.5) is 13.2 Å². The van der Waals surface area contributed by atoms with Crippen molar-refractivity contribution in [1.82, 2.24) is 4.90 Å². The van der Waals surface area contributed by atoms with Gasteiger partial charge in [0.2, 0.25) is 0 Å². The first-order valence-corrected chi connectivity index (χ1v) is 6.89. The van der Waals surface area contributed by atoms with Gasteiger partial charge in [-0.05, 0) is 18.8 Å². The first-order valence-electron chi connectivity index (χ1n) is 5.77. The number of rotatable bonds is 3. The molecule has 0 bridgehead atoms. The third kappa shape index (κ3) is 3.46. The molecule has 1 aliphatic heterocycles. The van der Waals surface area contributed by atoms with Gasteiger partial charge >= 0.3 is 12.1 Å². The molecule has 0 aromatic carbocycles. The summed E-state index contributed by atoms with van der Waals surface area (Å²) in [4.78, 5) is 23.6. The fraction of sp³-hybridized carbons (Fsp3) is 0.818. The van der Waals surface area contributed by atoms with E-state index in [1.807, 2.05) is 6.92 Å². The van der Waals surface area contributed by atoms with E-state index in [1.54, 1.807) is 0 Å². The second kappa shape index (κ2) is 6.04. The number of nitrogens with zero attached hydrogens (tertiary/aromatic N) is 1. The van der Waals surface area contributed by atoms with E-state index in [0.717, 1.165) is 6.42 Å². The Morgan fingerprint density at radius 2 is 2.00 bits per heavy atom. The highest BCUT2D eigenvalue weighted by molar-refractivity contribution is 9.09. The standard InChI is InChI=1S/C11H15BrF3NO2/c1-2-7-3-4-16(10(18)11(13,14)15)8(5-7)9(17)6-12/h7-8H,2-6H2,1H3. The number of Topliss-reactive ketones (excluding diaryl/α,β-unsaturated/α-hetero) is 1. The smallest absolute Gasteiger partial charge is 0.325 e. The summed E-state index contributed by atoms with van der Waals surface area (Å²) in [5.41, 5.74) is 0. The average molecular weight is 330 g/mol. The summed E-state index contributed by atoms with van der Waals surface area (Å²) in [6.07, 6.45) is -3.27. The number of likely N-dealkylation sites (tertiary alicyclic amines) is 1. The van der Waals surface area contributed by atoms with E-state index in [-0.39, 0.29) is 23.6 Å². The molecule has 0 saturated carbocycles. The number of hydrogen-bond acceptors (Lipinski definition) is 2. The van der Waals surface area contributed by atoms with Crippen molar-refractivity contribution >= 4 is 27.6 Å². The lowest BCUT2D eigenvalue weighted by Crippen LogP contribution is -2.54. The average Bonchev–Trinajstić information content (AvgIpc) is 2.35. The second-order valence-corrected chi connectivity index (χ2v) is 4.97. The topological polar surface area (TPSA) is 37.4 Å². The Kier molecular flexibility index (Phi) is 5.19. The van der Waals surface area contributed by atoms with Gasteiger partial charge in [0.1, 0.15) is 0 Å². The first kappa shape index (κ1) is 15.5. The van der Waals surface area contributed by atoms with Crippen molar-refractivity contribution in [3.8, 4) is 0 Å². The van der Waals surface area contributed by atoms with Crippen molar-refractivity contribution in [2.45, 2.75) is 38.4 Å². The van der Waals surface area contributed by atoms with Crippen molar-refractivity contribution in [3.63, 3.8) is 0 Å². The van der Waals surface area contributed by atoms with E-state index in [0.29, 0.717) is 17.7 Å². The zero-order valence-electron chi connectivity index (χ0n) is 9.97. The van der Waals surface area contributed by atoms with Crippen LogP contribution in [0.3, 0.4) is 0 Å². The normalized spacial score (nSPS) is 25.1. The highest BCUT2D eigenvalue weighted by Crippen LogP contribution is 2.30. The van der Waals surface area contributed by atoms with Crippen LogP contribution in [0.1, 0.15) is 26.2 Å². The molecular formula is C11H15BrF3NO2. The van der Waals surface area contributed by atoms with Crippen LogP contribution >= 0.6 is 15.9 Å². The predicted molar refractivity (Wildman–Crippen MR) is 63.4 cm³/mol. The van der Waals surface area contributed by atoms with Gasteiger partial charge in [-0.3, -0.25) is 9.59 Å². The number of amides is 1. The molecule has 0 spiro atoms. The molecule has 0 aromatic heterocycles. The van der Waals surface area contributed by atoms with Gasteiger partial charge in [-0.2, -0.15) is 13.2 Å². The molecule has 18 heavy (non-hydrogen) atoms. The number of carbonyl (C=O) groups is 2. The van der Waals surface area contributed by atoms with E-state index in [1.165, 1.54) is 0 Å². The van der Waals surface area contributed by atoms with Gasteiger partial charge in [0.25, 0.3) is 0 Å². The molecule has 1 fully saturated rings. The molecule has 2 atom stereocenters. The molecule has 0 radical (unpaired) electrons. The van der Waals surface area contributed by atoms with Crippen LogP contribution in [0.2, 0.25) is 0 Å². The molecule has 1 heterocycles. The fourth-order valence-corrected chi connectivity index (χ4v) is 2.58. The van der Waals surface area contributed by atoms with Crippen LogP contribution < -0.4 is 0 Å². The van der Waals surface area contributed by atoms with Gasteiger partial charge in [0, 0.05) is 6.54 Å². The van der Waals surface area contributed by atoms with Gasteiger partial charge in [0.05, 0.1) is 11.4 Å². The molecule has 3 nitrogen and oxygen atoms in total. The van der Waals surface area contributed by atoms with Crippen molar-refractivity contribution in [2.24, 2.45) is 5.92 Å². The van der Waals surface area contributed by atoms with Crippen molar-refractivity contribution in [3.05, 3.63) is 0 Å². The van der Waals surface area contributed by atoms with E-state index in [4.69, 9.17) is 0 Å². The maximum Gasteiger partial charge on any atom is 0.471 e. The fourth-order valence-electron chi connectivity index (χ4n) is 2.21. The minimum atomic E-state index is -4.91. The molecule has 0 N–H and O–H groups in total. The molecule has 1 saturated heterocycles. The molecule has 7 heteroatoms. The highest BCUT2D eigenvalue weighted by atomic mass is 79.9. The quantitative estimate of drug-likeness (QED) is 0.746. The summed E-state index contributed by atoms with van der Waals surface area (Å²) in [6, 6.07) is -0.947. The summed E-state index contributed by atoms with van der Waals surface area (Å²) in [5.74, 6) is -2.07. The van der Waals surface area contributed by atoms with Gasteiger partial charge in [0.15, 0.2) is 5.78 Å². The summed E-state index contributed by atoms with van der Waals surface area (Å²) >= 11 is 2.95. The zero-order chi connectivity index (χ0) is 13.9. The van der Waals surface area contributed by atoms with Crippen LogP contribution in [-0.2, 0) is 9.59 Å². The monoisotopic (exact) mass is 329 g/mol. The summed E-state index contributed by atoms with van der Waals surface area (Å²) in [7, 11) is 0. The van der Waals surface area contributed by atoms with Gasteiger partial charge in [-0.25, -0.2) is 0 Å². The van der Waals surface area contributed by atoms with E-state index in [9.17, 15) is 22.8 Å². The van der Waals surface area contributed by atoms with Crippen LogP contribution in [0.5, 0.6) is 0 Å². The Balaban J connectivity index is 2.88. The third-order valence-electron chi connectivity index (χ3n) is 3.30. The van der Waals surface area contributed by atoms with Crippen LogP contribution in [-0.4, -0.2) is 40.7 Å². The number of hydrogen-bond donors (Lipinski definition) is 0. The number of alkyl halides is 4. The SMILES string of the molecule is CCC1CCN(C(=O)C(F)(F)F)C(C(=O)CBr)C1. The number of ketones is 1. The first-order chi connectivity index (χ1) is 8.31. The summed E-state index contributed by atoms with van der Waals surface area (Å²) < 4.78 is 37.3. The van der Waals surface area contributed by atoms with Crippen molar-refractivity contribution < 1.29 is 22.8 Å². The lowest BCUT2D eigenvalue weighted by Gasteiger charge is -2.38. The maximum atomic E-state index is 12.4. The van der Waals surface area contributed by atoms with E-state index >= 15 is 0 Å². The lowest BCUT2D eigenvalue weighted by molar-refractivity contribution is -0.190. The summed E-state index contributed by atoms with van der Waals surface area (Å²) in [6.45, 7) is 1.93. The Morgan fingerprint density at radius 1 is 1.39 bits per heavy atom. The van der Waals surface area contributed by atoms with Gasteiger partial charge < -0.3 is 4.90 Å². The third-order valence-corrected chi connectivity index (χ3v) is 3.85. The van der Waals surface area contributed by atoms with Crippen LogP contribution in [0, 0.1) is 5.92 Å². The lowest BCUT2D eigenvalue weighted by atomic mass is 9.87. The van der Waals surface area contributed by atoms with Gasteiger partial charge in [-0.15, -0.1) is 0 Å². The maximum absolute atomic E-state index is 12.4. The van der Waals surface area contributed by atoms with Crippen LogP contribution in [0.25, 0.3) is 0 Å². The van der Waals surface area contributed by atoms with E-state index < -0.39 is 18.1 Å². The van der Waals surface area contributed by atoms with Crippen LogP contribution in [0.15, 0.2) is 0 Å². The largest absolute Gasteiger partial charge is 0.471 e. The van der Waals surface area contributed by atoms with Crippen molar-refractivity contribution in [2.75, 3.05) is 11.9 Å². The molecule has 1 amide bonds. The zero-order valence-corrected chi connectivity index (χ0v) is 11.6. The molecule has 1 aliphatic rings. The predicted octanol–water partition coefficient (Wildman–Crippen LogP) is 2.53. The minimum Gasteiger partial charge on any atom is -0.325 e. The molecular weight excluding hydrogens is 315 g/mol.